The Morgan fingerprint density at radius 2 is 2.00 bits per heavy atom. The van der Waals surface area contributed by atoms with Crippen LogP contribution in [-0.2, 0) is 13.0 Å². The molecule has 0 radical (unpaired) electrons. The molecule has 1 heterocycles. The van der Waals surface area contributed by atoms with Gasteiger partial charge in [-0.1, -0.05) is 37.3 Å². The van der Waals surface area contributed by atoms with E-state index in [1.165, 1.54) is 5.56 Å². The maximum absolute atomic E-state index is 12.2. The quantitative estimate of drug-likeness (QED) is 0.757. The number of likely N-dealkylation sites (N-methyl/N-ethyl adjacent to an activating group) is 1. The van der Waals surface area contributed by atoms with Crippen LogP contribution in [0.15, 0.2) is 36.5 Å². The lowest BCUT2D eigenvalue weighted by Crippen LogP contribution is -2.30. The molecule has 0 atom stereocenters. The molecule has 0 saturated heterocycles. The Labute approximate surface area is 125 Å². The van der Waals surface area contributed by atoms with Crippen LogP contribution in [0.1, 0.15) is 28.5 Å². The van der Waals surface area contributed by atoms with Gasteiger partial charge in [-0.2, -0.15) is 5.10 Å². The van der Waals surface area contributed by atoms with Crippen molar-refractivity contribution in [1.82, 2.24) is 20.4 Å². The molecule has 2 rings (SSSR count). The van der Waals surface area contributed by atoms with Gasteiger partial charge < -0.3 is 10.6 Å². The Balaban J connectivity index is 2.12. The molecule has 1 aromatic carbocycles. The predicted octanol–water partition coefficient (Wildman–Crippen LogP) is 1.44. The third kappa shape index (κ3) is 3.92. The second kappa shape index (κ2) is 7.59. The minimum atomic E-state index is -0.0542. The summed E-state index contributed by atoms with van der Waals surface area (Å²) >= 11 is 0. The summed E-state index contributed by atoms with van der Waals surface area (Å²) < 4.78 is 1.91. The van der Waals surface area contributed by atoms with E-state index in [0.29, 0.717) is 18.7 Å². The lowest BCUT2D eigenvalue weighted by atomic mass is 10.1. The molecule has 2 N–H and O–H groups in total. The summed E-state index contributed by atoms with van der Waals surface area (Å²) in [5.41, 5.74) is 2.82. The molecule has 0 unspecified atom stereocenters. The molecule has 21 heavy (non-hydrogen) atoms. The van der Waals surface area contributed by atoms with Gasteiger partial charge in [0.15, 0.2) is 0 Å². The first-order chi connectivity index (χ1) is 10.3. The zero-order valence-corrected chi connectivity index (χ0v) is 12.6. The van der Waals surface area contributed by atoms with Crippen LogP contribution in [0.3, 0.4) is 0 Å². The zero-order chi connectivity index (χ0) is 15.1. The molecular formula is C16H22N4O. The van der Waals surface area contributed by atoms with Crippen molar-refractivity contribution in [3.05, 3.63) is 53.3 Å². The van der Waals surface area contributed by atoms with Crippen LogP contribution in [0.5, 0.6) is 0 Å². The summed E-state index contributed by atoms with van der Waals surface area (Å²) in [6.45, 7) is 4.10. The summed E-state index contributed by atoms with van der Waals surface area (Å²) in [6.07, 6.45) is 2.44. The molecule has 0 aliphatic heterocycles. The number of hydrogen-bond acceptors (Lipinski definition) is 3. The highest BCUT2D eigenvalue weighted by atomic mass is 16.1. The van der Waals surface area contributed by atoms with Crippen LogP contribution in [0, 0.1) is 0 Å². The second-order valence-corrected chi connectivity index (χ2v) is 4.86. The van der Waals surface area contributed by atoms with E-state index in [2.05, 4.69) is 27.9 Å². The van der Waals surface area contributed by atoms with Gasteiger partial charge >= 0.3 is 0 Å². The molecule has 0 aliphatic carbocycles. The van der Waals surface area contributed by atoms with Crippen LogP contribution >= 0.6 is 0 Å². The van der Waals surface area contributed by atoms with Crippen LogP contribution in [0.25, 0.3) is 0 Å². The lowest BCUT2D eigenvalue weighted by molar-refractivity contribution is 0.0953. The van der Waals surface area contributed by atoms with Gasteiger partial charge in [-0.25, -0.2) is 0 Å². The van der Waals surface area contributed by atoms with Crippen molar-refractivity contribution in [2.24, 2.45) is 0 Å². The number of carbonyl (C=O) groups is 1. The van der Waals surface area contributed by atoms with Gasteiger partial charge in [0.05, 0.1) is 24.0 Å². The van der Waals surface area contributed by atoms with Crippen molar-refractivity contribution in [3.63, 3.8) is 0 Å². The highest BCUT2D eigenvalue weighted by Crippen LogP contribution is 2.12. The van der Waals surface area contributed by atoms with Gasteiger partial charge in [-0.15, -0.1) is 0 Å². The Morgan fingerprint density at radius 1 is 1.24 bits per heavy atom. The van der Waals surface area contributed by atoms with Crippen molar-refractivity contribution >= 4 is 5.91 Å². The number of nitrogens with one attached hydrogen (secondary N) is 2. The molecule has 0 aliphatic rings. The SMILES string of the molecule is CCc1c(C(=O)NCCNC)cnn1Cc1ccccc1. The fraction of sp³-hybridized carbons (Fsp3) is 0.375. The average Bonchev–Trinajstić information content (AvgIpc) is 2.91. The molecular weight excluding hydrogens is 264 g/mol. The minimum Gasteiger partial charge on any atom is -0.351 e. The second-order valence-electron chi connectivity index (χ2n) is 4.86. The van der Waals surface area contributed by atoms with Crippen LogP contribution < -0.4 is 10.6 Å². The van der Waals surface area contributed by atoms with Crippen LogP contribution in [0.4, 0.5) is 0 Å². The minimum absolute atomic E-state index is 0.0542. The molecule has 5 heteroatoms. The first kappa shape index (κ1) is 15.3. The highest BCUT2D eigenvalue weighted by molar-refractivity contribution is 5.95. The van der Waals surface area contributed by atoms with E-state index in [0.717, 1.165) is 18.7 Å². The largest absolute Gasteiger partial charge is 0.351 e. The van der Waals surface area contributed by atoms with E-state index >= 15 is 0 Å². The highest BCUT2D eigenvalue weighted by Gasteiger charge is 2.15. The number of aromatic nitrogens is 2. The number of nitrogens with zero attached hydrogens (tertiary/aromatic N) is 2. The molecule has 0 spiro atoms. The van der Waals surface area contributed by atoms with E-state index in [4.69, 9.17) is 0 Å². The predicted molar refractivity (Wildman–Crippen MR) is 83.4 cm³/mol. The van der Waals surface area contributed by atoms with E-state index in [1.54, 1.807) is 6.20 Å². The van der Waals surface area contributed by atoms with Crippen LogP contribution in [-0.4, -0.2) is 35.8 Å². The fourth-order valence-electron chi connectivity index (χ4n) is 2.26. The monoisotopic (exact) mass is 286 g/mol. The molecule has 5 nitrogen and oxygen atoms in total. The van der Waals surface area contributed by atoms with Gasteiger partial charge in [-0.05, 0) is 19.0 Å². The van der Waals surface area contributed by atoms with Crippen molar-refractivity contribution in [2.45, 2.75) is 19.9 Å². The smallest absolute Gasteiger partial charge is 0.254 e. The topological polar surface area (TPSA) is 59.0 Å². The number of hydrogen-bond donors (Lipinski definition) is 2. The normalized spacial score (nSPS) is 10.6. The molecule has 0 saturated carbocycles. The van der Waals surface area contributed by atoms with Crippen molar-refractivity contribution in [3.8, 4) is 0 Å². The van der Waals surface area contributed by atoms with E-state index in [-0.39, 0.29) is 5.91 Å². The van der Waals surface area contributed by atoms with Crippen molar-refractivity contribution in [2.75, 3.05) is 20.1 Å². The van der Waals surface area contributed by atoms with Crippen LogP contribution in [0.2, 0.25) is 0 Å². The molecule has 112 valence electrons. The molecule has 1 aromatic heterocycles. The van der Waals surface area contributed by atoms with E-state index in [1.807, 2.05) is 36.9 Å². The van der Waals surface area contributed by atoms with Gasteiger partial charge in [0, 0.05) is 13.1 Å². The molecule has 0 fully saturated rings. The standard InChI is InChI=1S/C16H22N4O/c1-3-15-14(16(21)18-10-9-17-2)11-19-20(15)12-13-7-5-4-6-8-13/h4-8,11,17H,3,9-10,12H2,1-2H3,(H,18,21). The van der Waals surface area contributed by atoms with Crippen molar-refractivity contribution < 1.29 is 4.79 Å². The summed E-state index contributed by atoms with van der Waals surface area (Å²) in [5, 5.41) is 10.3. The van der Waals surface area contributed by atoms with Gasteiger partial charge in [0.25, 0.3) is 5.91 Å². The van der Waals surface area contributed by atoms with Gasteiger partial charge in [-0.3, -0.25) is 9.48 Å². The Hall–Kier alpha value is -2.14. The molecule has 0 bridgehead atoms. The van der Waals surface area contributed by atoms with E-state index < -0.39 is 0 Å². The number of benzene rings is 1. The Bertz CT molecular complexity index is 577. The third-order valence-electron chi connectivity index (χ3n) is 3.36. The molecule has 1 amide bonds. The third-order valence-corrected chi connectivity index (χ3v) is 3.36. The zero-order valence-electron chi connectivity index (χ0n) is 12.6. The first-order valence-electron chi connectivity index (χ1n) is 7.27. The summed E-state index contributed by atoms with van der Waals surface area (Å²) in [6, 6.07) is 10.1. The number of amides is 1. The number of carbonyl (C=O) groups excluding carboxylic acids is 1. The fourth-order valence-corrected chi connectivity index (χ4v) is 2.26. The van der Waals surface area contributed by atoms with Gasteiger partial charge in [0.1, 0.15) is 0 Å². The maximum Gasteiger partial charge on any atom is 0.254 e. The lowest BCUT2D eigenvalue weighted by Gasteiger charge is -2.08. The summed E-state index contributed by atoms with van der Waals surface area (Å²) in [7, 11) is 1.86. The molecule has 2 aromatic rings. The Kier molecular flexibility index (Phi) is 5.51. The maximum atomic E-state index is 12.2. The van der Waals surface area contributed by atoms with Crippen molar-refractivity contribution in [1.29, 1.82) is 0 Å². The Morgan fingerprint density at radius 3 is 2.67 bits per heavy atom. The average molecular weight is 286 g/mol. The summed E-state index contributed by atoms with van der Waals surface area (Å²) in [5.74, 6) is -0.0542. The summed E-state index contributed by atoms with van der Waals surface area (Å²) in [4.78, 5) is 12.2. The number of rotatable bonds is 7. The first-order valence-corrected chi connectivity index (χ1v) is 7.27. The van der Waals surface area contributed by atoms with E-state index in [9.17, 15) is 4.79 Å². The van der Waals surface area contributed by atoms with Gasteiger partial charge in [0.2, 0.25) is 0 Å².